The van der Waals surface area contributed by atoms with Gasteiger partial charge in [0.2, 0.25) is 5.91 Å². The Hall–Kier alpha value is 0.150. The lowest BCUT2D eigenvalue weighted by Gasteiger charge is -2.26. The van der Waals surface area contributed by atoms with Crippen molar-refractivity contribution in [3.63, 3.8) is 0 Å². The van der Waals surface area contributed by atoms with E-state index in [0.717, 1.165) is 25.9 Å². The fourth-order valence-corrected chi connectivity index (χ4v) is 3.19. The molecule has 1 amide bonds. The summed E-state index contributed by atoms with van der Waals surface area (Å²) in [5.74, 6) is 0.146. The van der Waals surface area contributed by atoms with Crippen LogP contribution >= 0.6 is 46.3 Å². The zero-order valence-electron chi connectivity index (χ0n) is 8.66. The number of hydrogen-bond acceptors (Lipinski definition) is 3. The first-order valence-corrected chi connectivity index (χ1v) is 6.90. The van der Waals surface area contributed by atoms with Crippen molar-refractivity contribution in [3.05, 3.63) is 19.9 Å². The Kier molecular flexibility index (Phi) is 6.02. The second kappa shape index (κ2) is 6.78. The van der Waals surface area contributed by atoms with Gasteiger partial charge in [0, 0.05) is 11.4 Å². The molecule has 6 heteroatoms. The molecule has 1 aromatic heterocycles. The van der Waals surface area contributed by atoms with Gasteiger partial charge in [0.05, 0.1) is 8.93 Å². The average Bonchev–Trinajstić information content (AvgIpc) is 2.48. The van der Waals surface area contributed by atoms with E-state index in [2.05, 4.69) is 45.4 Å². The molecule has 0 bridgehead atoms. The Morgan fingerprint density at radius 2 is 2.38 bits per heavy atom. The number of carbonyl (C=O) groups excluding carboxylic acids is 1. The van der Waals surface area contributed by atoms with E-state index >= 15 is 0 Å². The molecule has 0 unspecified atom stereocenters. The van der Waals surface area contributed by atoms with Crippen LogP contribution in [0.2, 0.25) is 0 Å². The summed E-state index contributed by atoms with van der Waals surface area (Å²) in [5, 5.41) is 6.03. The van der Waals surface area contributed by atoms with Crippen LogP contribution in [0.1, 0.15) is 11.3 Å². The third-order valence-electron chi connectivity index (χ3n) is 2.44. The van der Waals surface area contributed by atoms with E-state index in [9.17, 15) is 4.79 Å². The number of hydrogen-bond donors (Lipinski definition) is 2. The van der Waals surface area contributed by atoms with Crippen LogP contribution in [0.15, 0.2) is 12.1 Å². The maximum absolute atomic E-state index is 11.4. The lowest BCUT2D eigenvalue weighted by Crippen LogP contribution is -2.53. The smallest absolute Gasteiger partial charge is 0.237 e. The van der Waals surface area contributed by atoms with Crippen molar-refractivity contribution in [2.45, 2.75) is 18.9 Å². The number of nitrogens with one attached hydrogen (secondary N) is 2. The molecule has 0 saturated carbocycles. The molecule has 1 aliphatic heterocycles. The first-order chi connectivity index (χ1) is 7.25. The molecule has 0 aromatic carbocycles. The number of amides is 1. The summed E-state index contributed by atoms with van der Waals surface area (Å²) in [5.41, 5.74) is 0. The molecule has 2 rings (SSSR count). The van der Waals surface area contributed by atoms with Gasteiger partial charge in [0.1, 0.15) is 0 Å². The van der Waals surface area contributed by atoms with Gasteiger partial charge < -0.3 is 10.6 Å². The molecule has 2 heterocycles. The summed E-state index contributed by atoms with van der Waals surface area (Å²) in [6.45, 7) is 1.72. The van der Waals surface area contributed by atoms with E-state index in [1.54, 1.807) is 11.3 Å². The highest BCUT2D eigenvalue weighted by Crippen LogP contribution is 2.18. The van der Waals surface area contributed by atoms with Gasteiger partial charge >= 0.3 is 0 Å². The molecule has 1 saturated heterocycles. The van der Waals surface area contributed by atoms with Crippen LogP contribution in [0.3, 0.4) is 0 Å². The topological polar surface area (TPSA) is 41.1 Å². The Morgan fingerprint density at radius 3 is 2.88 bits per heavy atom. The molecular formula is C10H14ClIN2OS. The maximum atomic E-state index is 11.4. The Bertz CT molecular complexity index is 354. The van der Waals surface area contributed by atoms with E-state index in [0.29, 0.717) is 0 Å². The summed E-state index contributed by atoms with van der Waals surface area (Å²) >= 11 is 4.10. The van der Waals surface area contributed by atoms with Crippen molar-refractivity contribution >= 4 is 52.2 Å². The molecule has 90 valence electrons. The van der Waals surface area contributed by atoms with Crippen LogP contribution < -0.4 is 10.6 Å². The van der Waals surface area contributed by atoms with Gasteiger partial charge in [-0.2, -0.15) is 0 Å². The van der Waals surface area contributed by atoms with Crippen LogP contribution in [0.4, 0.5) is 0 Å². The lowest BCUT2D eigenvalue weighted by atomic mass is 10.1. The van der Waals surface area contributed by atoms with Gasteiger partial charge in [0.15, 0.2) is 0 Å². The highest BCUT2D eigenvalue weighted by atomic mass is 127. The Balaban J connectivity index is 0.00000128. The van der Waals surface area contributed by atoms with Gasteiger partial charge in [-0.1, -0.05) is 0 Å². The molecule has 0 aliphatic carbocycles. The van der Waals surface area contributed by atoms with Gasteiger partial charge in [-0.3, -0.25) is 4.79 Å². The fraction of sp³-hybridized carbons (Fsp3) is 0.500. The van der Waals surface area contributed by atoms with Gasteiger partial charge in [-0.15, -0.1) is 23.7 Å². The molecule has 0 radical (unpaired) electrons. The first kappa shape index (κ1) is 14.2. The summed E-state index contributed by atoms with van der Waals surface area (Å²) in [7, 11) is 0. The predicted molar refractivity (Wildman–Crippen MR) is 77.4 cm³/mol. The van der Waals surface area contributed by atoms with Crippen LogP contribution in [0.5, 0.6) is 0 Å². The molecule has 3 nitrogen and oxygen atoms in total. The summed E-state index contributed by atoms with van der Waals surface area (Å²) in [4.78, 5) is 12.8. The van der Waals surface area contributed by atoms with Crippen molar-refractivity contribution < 1.29 is 4.79 Å². The monoisotopic (exact) mass is 372 g/mol. The second-order valence-electron chi connectivity index (χ2n) is 3.54. The maximum Gasteiger partial charge on any atom is 0.237 e. The largest absolute Gasteiger partial charge is 0.354 e. The third-order valence-corrected chi connectivity index (χ3v) is 4.39. The Morgan fingerprint density at radius 1 is 1.62 bits per heavy atom. The third kappa shape index (κ3) is 3.87. The predicted octanol–water partition coefficient (Wildman–Crippen LogP) is 1.80. The summed E-state index contributed by atoms with van der Waals surface area (Å²) in [6, 6.07) is 4.30. The zero-order chi connectivity index (χ0) is 10.7. The highest BCUT2D eigenvalue weighted by molar-refractivity contribution is 14.1. The second-order valence-corrected chi connectivity index (χ2v) is 6.60. The number of rotatable bonds is 4. The summed E-state index contributed by atoms with van der Waals surface area (Å²) in [6.07, 6.45) is 1.91. The van der Waals surface area contributed by atoms with Gasteiger partial charge in [0.25, 0.3) is 0 Å². The van der Waals surface area contributed by atoms with Crippen molar-refractivity contribution in [2.75, 3.05) is 13.1 Å². The van der Waals surface area contributed by atoms with Gasteiger partial charge in [-0.25, -0.2) is 0 Å². The molecule has 16 heavy (non-hydrogen) atoms. The van der Waals surface area contributed by atoms with Crippen LogP contribution in [0.25, 0.3) is 0 Å². The van der Waals surface area contributed by atoms with Crippen molar-refractivity contribution in [2.24, 2.45) is 0 Å². The minimum absolute atomic E-state index is 0. The molecule has 1 aliphatic rings. The van der Waals surface area contributed by atoms with E-state index in [1.807, 2.05) is 0 Å². The number of halogens is 2. The molecule has 1 aromatic rings. The van der Waals surface area contributed by atoms with E-state index in [4.69, 9.17) is 0 Å². The minimum Gasteiger partial charge on any atom is -0.354 e. The Labute approximate surface area is 119 Å². The first-order valence-electron chi connectivity index (χ1n) is 5.01. The molecule has 1 fully saturated rings. The quantitative estimate of drug-likeness (QED) is 0.791. The molecule has 2 N–H and O–H groups in total. The molecule has 1 atom stereocenters. The van der Waals surface area contributed by atoms with Crippen LogP contribution in [-0.2, 0) is 11.2 Å². The SMILES string of the molecule is Cl.O=C(NCCc1ccc(I)s1)[C@H]1CCN1. The average molecular weight is 373 g/mol. The van der Waals surface area contributed by atoms with Crippen LogP contribution in [-0.4, -0.2) is 25.0 Å². The van der Waals surface area contributed by atoms with Crippen molar-refractivity contribution in [3.8, 4) is 0 Å². The number of carbonyl (C=O) groups is 1. The highest BCUT2D eigenvalue weighted by Gasteiger charge is 2.23. The molecule has 0 spiro atoms. The zero-order valence-corrected chi connectivity index (χ0v) is 12.5. The van der Waals surface area contributed by atoms with E-state index in [-0.39, 0.29) is 24.4 Å². The van der Waals surface area contributed by atoms with Crippen LogP contribution in [0, 0.1) is 2.88 Å². The normalized spacial score (nSPS) is 18.4. The standard InChI is InChI=1S/C10H13IN2OS.ClH/c11-9-2-1-7(15-9)3-5-13-10(14)8-4-6-12-8;/h1-2,8,12H,3-6H2,(H,13,14);1H/t8-;/m1./s1. The van der Waals surface area contributed by atoms with Gasteiger partial charge in [-0.05, 0) is 54.1 Å². The fourth-order valence-electron chi connectivity index (χ4n) is 1.43. The lowest BCUT2D eigenvalue weighted by molar-refractivity contribution is -0.124. The summed E-state index contributed by atoms with van der Waals surface area (Å²) < 4.78 is 1.30. The number of thiophene rings is 1. The minimum atomic E-state index is 0. The van der Waals surface area contributed by atoms with Crippen molar-refractivity contribution in [1.29, 1.82) is 0 Å². The molecular weight excluding hydrogens is 359 g/mol. The van der Waals surface area contributed by atoms with E-state index < -0.39 is 0 Å². The van der Waals surface area contributed by atoms with E-state index in [1.165, 1.54) is 7.76 Å². The van der Waals surface area contributed by atoms with Crippen molar-refractivity contribution in [1.82, 2.24) is 10.6 Å².